The molecule has 0 spiro atoms. The van der Waals surface area contributed by atoms with E-state index in [1.54, 1.807) is 30.3 Å². The second kappa shape index (κ2) is 9.79. The number of nitrogens with zero attached hydrogens (tertiary/aromatic N) is 2. The number of benzene rings is 1. The van der Waals surface area contributed by atoms with Gasteiger partial charge in [0.1, 0.15) is 6.29 Å². The molecule has 4 N–H and O–H groups in total. The molecule has 2 heterocycles. The summed E-state index contributed by atoms with van der Waals surface area (Å²) < 4.78 is 0. The maximum absolute atomic E-state index is 12.4. The van der Waals surface area contributed by atoms with Gasteiger partial charge in [0.15, 0.2) is 0 Å². The number of aromatic nitrogens is 2. The summed E-state index contributed by atoms with van der Waals surface area (Å²) in [6, 6.07) is 13.9. The van der Waals surface area contributed by atoms with E-state index in [2.05, 4.69) is 15.3 Å². The van der Waals surface area contributed by atoms with Gasteiger partial charge in [0.25, 0.3) is 5.91 Å². The van der Waals surface area contributed by atoms with Crippen molar-refractivity contribution in [2.75, 3.05) is 12.8 Å². The Morgan fingerprint density at radius 3 is 2.44 bits per heavy atom. The van der Waals surface area contributed by atoms with Crippen molar-refractivity contribution < 1.29 is 14.7 Å². The van der Waals surface area contributed by atoms with Crippen molar-refractivity contribution in [3.05, 3.63) is 77.6 Å². The quantitative estimate of drug-likeness (QED) is 0.471. The molecule has 0 unspecified atom stereocenters. The monoisotopic (exact) mass is 364 g/mol. The Labute approximate surface area is 156 Å². The Bertz CT molecular complexity index is 928. The maximum Gasteiger partial charge on any atom is 0.251 e. The lowest BCUT2D eigenvalue weighted by Gasteiger charge is -2.08. The average molecular weight is 364 g/mol. The molecule has 0 aliphatic rings. The fraction of sp³-hybridized carbons (Fsp3) is 0.100. The number of amides is 1. The SMILES string of the molecule is CO.Nc1ccccc1CNC(=O)c1ccnc(-c2cc(C=O)ccn2)c1. The maximum atomic E-state index is 12.4. The van der Waals surface area contributed by atoms with Crippen molar-refractivity contribution in [3.8, 4) is 11.4 Å². The number of nitrogens with two attached hydrogens (primary N) is 1. The van der Waals surface area contributed by atoms with Crippen molar-refractivity contribution in [1.29, 1.82) is 0 Å². The molecule has 0 aliphatic heterocycles. The third kappa shape index (κ3) is 5.20. The lowest BCUT2D eigenvalue weighted by atomic mass is 10.1. The van der Waals surface area contributed by atoms with Gasteiger partial charge in [-0.3, -0.25) is 19.6 Å². The van der Waals surface area contributed by atoms with Crippen molar-refractivity contribution >= 4 is 17.9 Å². The van der Waals surface area contributed by atoms with Gasteiger partial charge >= 0.3 is 0 Å². The van der Waals surface area contributed by atoms with Gasteiger partial charge in [-0.1, -0.05) is 18.2 Å². The molecule has 0 saturated carbocycles. The molecule has 2 aromatic heterocycles. The van der Waals surface area contributed by atoms with Gasteiger partial charge in [-0.25, -0.2) is 0 Å². The lowest BCUT2D eigenvalue weighted by molar-refractivity contribution is 0.0950. The van der Waals surface area contributed by atoms with E-state index in [0.717, 1.165) is 19.0 Å². The van der Waals surface area contributed by atoms with E-state index < -0.39 is 0 Å². The highest BCUT2D eigenvalue weighted by Crippen LogP contribution is 2.16. The van der Waals surface area contributed by atoms with Crippen molar-refractivity contribution in [3.63, 3.8) is 0 Å². The normalized spacial score (nSPS) is 9.70. The van der Waals surface area contributed by atoms with Gasteiger partial charge in [0.05, 0.1) is 11.4 Å². The molecule has 0 bridgehead atoms. The molecule has 3 rings (SSSR count). The van der Waals surface area contributed by atoms with Crippen LogP contribution in [0.3, 0.4) is 0 Å². The summed E-state index contributed by atoms with van der Waals surface area (Å²) in [5.41, 5.74) is 9.37. The van der Waals surface area contributed by atoms with Crippen molar-refractivity contribution in [2.24, 2.45) is 0 Å². The number of para-hydroxylation sites is 1. The van der Waals surface area contributed by atoms with E-state index in [9.17, 15) is 9.59 Å². The number of nitrogens with one attached hydrogen (secondary N) is 1. The molecule has 0 aliphatic carbocycles. The fourth-order valence-electron chi connectivity index (χ4n) is 2.34. The first-order chi connectivity index (χ1) is 13.2. The molecule has 0 atom stereocenters. The van der Waals surface area contributed by atoms with E-state index in [1.807, 2.05) is 18.2 Å². The van der Waals surface area contributed by atoms with Crippen LogP contribution in [0.15, 0.2) is 60.9 Å². The highest BCUT2D eigenvalue weighted by atomic mass is 16.2. The van der Waals surface area contributed by atoms with Gasteiger partial charge in [0.2, 0.25) is 0 Å². The number of carbonyl (C=O) groups excluding carboxylic acids is 2. The molecule has 0 radical (unpaired) electrons. The number of aldehydes is 1. The molecule has 7 heteroatoms. The number of pyridine rings is 2. The summed E-state index contributed by atoms with van der Waals surface area (Å²) in [4.78, 5) is 31.7. The minimum absolute atomic E-state index is 0.238. The third-order valence-corrected chi connectivity index (χ3v) is 3.70. The zero-order valence-corrected chi connectivity index (χ0v) is 14.8. The van der Waals surface area contributed by atoms with Gasteiger partial charge in [-0.05, 0) is 35.9 Å². The van der Waals surface area contributed by atoms with Crippen LogP contribution >= 0.6 is 0 Å². The fourth-order valence-corrected chi connectivity index (χ4v) is 2.34. The van der Waals surface area contributed by atoms with Crippen LogP contribution < -0.4 is 11.1 Å². The van der Waals surface area contributed by atoms with Crippen LogP contribution in [-0.4, -0.2) is 34.4 Å². The standard InChI is InChI=1S/C19H16N4O2.CH4O/c20-16-4-2-1-3-15(16)11-23-19(25)14-6-8-22-18(10-14)17-9-13(12-24)5-7-21-17;1-2/h1-10,12H,11,20H2,(H,23,25);2H,1H3. The molecule has 7 nitrogen and oxygen atoms in total. The average Bonchev–Trinajstić information content (AvgIpc) is 2.74. The number of carbonyl (C=O) groups is 2. The molecule has 1 amide bonds. The van der Waals surface area contributed by atoms with Gasteiger partial charge < -0.3 is 16.2 Å². The molecule has 27 heavy (non-hydrogen) atoms. The molecule has 138 valence electrons. The second-order valence-corrected chi connectivity index (χ2v) is 5.40. The Hall–Kier alpha value is -3.58. The Balaban J connectivity index is 0.00000126. The number of hydrogen-bond acceptors (Lipinski definition) is 6. The summed E-state index contributed by atoms with van der Waals surface area (Å²) in [6.45, 7) is 0.335. The minimum Gasteiger partial charge on any atom is -0.400 e. The Morgan fingerprint density at radius 1 is 1.07 bits per heavy atom. The van der Waals surface area contributed by atoms with E-state index >= 15 is 0 Å². The molecule has 1 aromatic carbocycles. The Morgan fingerprint density at radius 2 is 1.74 bits per heavy atom. The topological polar surface area (TPSA) is 118 Å². The number of hydrogen-bond donors (Lipinski definition) is 3. The van der Waals surface area contributed by atoms with Gasteiger partial charge in [0, 0.05) is 42.9 Å². The smallest absolute Gasteiger partial charge is 0.251 e. The lowest BCUT2D eigenvalue weighted by Crippen LogP contribution is -2.23. The van der Waals surface area contributed by atoms with Crippen LogP contribution in [0.2, 0.25) is 0 Å². The van der Waals surface area contributed by atoms with Crippen LogP contribution in [-0.2, 0) is 6.54 Å². The highest BCUT2D eigenvalue weighted by Gasteiger charge is 2.10. The molecular weight excluding hydrogens is 344 g/mol. The van der Waals surface area contributed by atoms with Crippen LogP contribution in [0.4, 0.5) is 5.69 Å². The molecule has 0 fully saturated rings. The Kier molecular flexibility index (Phi) is 7.16. The molecular formula is C20H20N4O3. The first-order valence-corrected chi connectivity index (χ1v) is 8.11. The zero-order chi connectivity index (χ0) is 19.6. The number of nitrogen functional groups attached to an aromatic ring is 1. The first kappa shape index (κ1) is 19.7. The van der Waals surface area contributed by atoms with Crippen LogP contribution in [0.25, 0.3) is 11.4 Å². The number of aliphatic hydroxyl groups excluding tert-OH is 1. The summed E-state index contributed by atoms with van der Waals surface area (Å²) in [5.74, 6) is -0.238. The van der Waals surface area contributed by atoms with Crippen LogP contribution in [0, 0.1) is 0 Å². The van der Waals surface area contributed by atoms with Crippen LogP contribution in [0.5, 0.6) is 0 Å². The summed E-state index contributed by atoms with van der Waals surface area (Å²) in [7, 11) is 1.00. The van der Waals surface area contributed by atoms with Gasteiger partial charge in [-0.2, -0.15) is 0 Å². The second-order valence-electron chi connectivity index (χ2n) is 5.40. The third-order valence-electron chi connectivity index (χ3n) is 3.70. The van der Waals surface area contributed by atoms with E-state index in [-0.39, 0.29) is 5.91 Å². The summed E-state index contributed by atoms with van der Waals surface area (Å²) >= 11 is 0. The van der Waals surface area contributed by atoms with E-state index in [0.29, 0.717) is 34.7 Å². The zero-order valence-electron chi connectivity index (χ0n) is 14.8. The summed E-state index contributed by atoms with van der Waals surface area (Å²) in [6.07, 6.45) is 3.81. The predicted molar refractivity (Wildman–Crippen MR) is 103 cm³/mol. The molecule has 0 saturated heterocycles. The van der Waals surface area contributed by atoms with Crippen molar-refractivity contribution in [2.45, 2.75) is 6.54 Å². The predicted octanol–water partition coefficient (Wildman–Crippen LogP) is 2.08. The number of rotatable bonds is 5. The molecule has 3 aromatic rings. The van der Waals surface area contributed by atoms with E-state index in [4.69, 9.17) is 10.8 Å². The van der Waals surface area contributed by atoms with Crippen LogP contribution in [0.1, 0.15) is 26.3 Å². The first-order valence-electron chi connectivity index (χ1n) is 8.11. The highest BCUT2D eigenvalue weighted by molar-refractivity contribution is 5.95. The van der Waals surface area contributed by atoms with E-state index in [1.165, 1.54) is 12.4 Å². The summed E-state index contributed by atoms with van der Waals surface area (Å²) in [5, 5.41) is 9.83. The number of anilines is 1. The largest absolute Gasteiger partial charge is 0.400 e. The minimum atomic E-state index is -0.238. The van der Waals surface area contributed by atoms with Crippen molar-refractivity contribution in [1.82, 2.24) is 15.3 Å². The number of aliphatic hydroxyl groups is 1. The van der Waals surface area contributed by atoms with Gasteiger partial charge in [-0.15, -0.1) is 0 Å².